The molecule has 0 radical (unpaired) electrons. The molecule has 1 aliphatic heterocycles. The van der Waals surface area contributed by atoms with Gasteiger partial charge in [-0.2, -0.15) is 5.10 Å². The molecule has 1 aromatic carbocycles. The van der Waals surface area contributed by atoms with Gasteiger partial charge in [-0.05, 0) is 30.2 Å². The molecule has 0 atom stereocenters. The molecule has 1 aromatic heterocycles. The van der Waals surface area contributed by atoms with Gasteiger partial charge < -0.3 is 16.8 Å². The van der Waals surface area contributed by atoms with Crippen LogP contribution < -0.4 is 16.8 Å². The van der Waals surface area contributed by atoms with Gasteiger partial charge >= 0.3 is 0 Å². The Bertz CT molecular complexity index is 720. The number of hydrogen-bond donors (Lipinski definition) is 3. The second kappa shape index (κ2) is 4.37. The number of benzene rings is 1. The first-order valence-electron chi connectivity index (χ1n) is 6.12. The zero-order chi connectivity index (χ0) is 14.3. The van der Waals surface area contributed by atoms with Crippen LogP contribution in [0, 0.1) is 0 Å². The number of aryl methyl sites for hydroxylation is 1. The number of nitrogen functional groups attached to an aromatic ring is 1. The third-order valence-electron chi connectivity index (χ3n) is 3.24. The lowest BCUT2D eigenvalue weighted by atomic mass is 10.0. The van der Waals surface area contributed by atoms with Gasteiger partial charge in [-0.25, -0.2) is 4.68 Å². The molecule has 0 bridgehead atoms. The summed E-state index contributed by atoms with van der Waals surface area (Å²) in [6, 6.07) is 5.08. The highest BCUT2D eigenvalue weighted by Crippen LogP contribution is 2.29. The average Bonchev–Trinajstić information content (AvgIpc) is 2.88. The zero-order valence-electron chi connectivity index (χ0n) is 10.6. The van der Waals surface area contributed by atoms with Gasteiger partial charge in [0, 0.05) is 18.3 Å². The first kappa shape index (κ1) is 12.2. The predicted molar refractivity (Wildman–Crippen MR) is 73.4 cm³/mol. The monoisotopic (exact) mass is 271 g/mol. The molecule has 20 heavy (non-hydrogen) atoms. The van der Waals surface area contributed by atoms with Crippen molar-refractivity contribution in [2.24, 2.45) is 5.73 Å². The van der Waals surface area contributed by atoms with E-state index in [-0.39, 0.29) is 11.6 Å². The van der Waals surface area contributed by atoms with Crippen molar-refractivity contribution >= 4 is 23.2 Å². The Balaban J connectivity index is 2.06. The number of carbonyl (C=O) groups is 2. The number of hydrogen-bond acceptors (Lipinski definition) is 4. The van der Waals surface area contributed by atoms with Crippen molar-refractivity contribution in [3.8, 4) is 5.69 Å². The third kappa shape index (κ3) is 1.99. The van der Waals surface area contributed by atoms with E-state index < -0.39 is 5.91 Å². The normalized spacial score (nSPS) is 13.7. The fourth-order valence-corrected chi connectivity index (χ4v) is 2.22. The fourth-order valence-electron chi connectivity index (χ4n) is 2.22. The van der Waals surface area contributed by atoms with Gasteiger partial charge in [-0.15, -0.1) is 0 Å². The number of nitrogens with two attached hydrogens (primary N) is 2. The molecule has 0 saturated carbocycles. The molecule has 0 fully saturated rings. The van der Waals surface area contributed by atoms with Gasteiger partial charge in [0.05, 0.1) is 11.4 Å². The van der Waals surface area contributed by atoms with Gasteiger partial charge in [0.2, 0.25) is 5.91 Å². The third-order valence-corrected chi connectivity index (χ3v) is 3.24. The van der Waals surface area contributed by atoms with Gasteiger partial charge in [-0.3, -0.25) is 9.59 Å². The van der Waals surface area contributed by atoms with Crippen LogP contribution in [0.3, 0.4) is 0 Å². The molecule has 2 aromatic rings. The predicted octanol–water partition coefficient (Wildman–Crippen LogP) is 0.438. The number of amides is 2. The molecular formula is C13H13N5O2. The van der Waals surface area contributed by atoms with Crippen LogP contribution in [0.15, 0.2) is 24.4 Å². The summed E-state index contributed by atoms with van der Waals surface area (Å²) in [4.78, 5) is 22.5. The quantitative estimate of drug-likeness (QED) is 0.687. The van der Waals surface area contributed by atoms with E-state index in [1.54, 1.807) is 12.3 Å². The number of anilines is 2. The number of rotatable bonds is 2. The number of primary amides is 1. The van der Waals surface area contributed by atoms with E-state index in [0.29, 0.717) is 24.2 Å². The highest BCUT2D eigenvalue weighted by atomic mass is 16.2. The second-order valence-corrected chi connectivity index (χ2v) is 4.63. The standard InChI is InChI=1S/C13H13N5O2/c14-8-5-7-1-2-12(19)16-10(7)6-11(8)18-4-3-9(17-18)13(15)20/h3-6H,1-2,14H2,(H2,15,20)(H,16,19). The Morgan fingerprint density at radius 2 is 2.15 bits per heavy atom. The van der Waals surface area contributed by atoms with Crippen LogP contribution in [-0.2, 0) is 11.2 Å². The van der Waals surface area contributed by atoms with Crippen LogP contribution in [0.25, 0.3) is 5.69 Å². The lowest BCUT2D eigenvalue weighted by Crippen LogP contribution is -2.20. The maximum absolute atomic E-state index is 11.4. The SMILES string of the molecule is NC(=O)c1ccn(-c2cc3c(cc2N)CCC(=O)N3)n1. The molecule has 0 unspecified atom stereocenters. The lowest BCUT2D eigenvalue weighted by molar-refractivity contribution is -0.116. The lowest BCUT2D eigenvalue weighted by Gasteiger charge is -2.19. The Morgan fingerprint density at radius 3 is 2.85 bits per heavy atom. The summed E-state index contributed by atoms with van der Waals surface area (Å²) in [5.74, 6) is -0.625. The van der Waals surface area contributed by atoms with Crippen molar-refractivity contribution in [2.45, 2.75) is 12.8 Å². The first-order chi connectivity index (χ1) is 9.54. The number of fused-ring (bicyclic) bond motifs is 1. The van der Waals surface area contributed by atoms with Gasteiger partial charge in [-0.1, -0.05) is 0 Å². The smallest absolute Gasteiger partial charge is 0.269 e. The fraction of sp³-hybridized carbons (Fsp3) is 0.154. The minimum atomic E-state index is -0.603. The molecule has 0 spiro atoms. The van der Waals surface area contributed by atoms with Crippen molar-refractivity contribution in [2.75, 3.05) is 11.1 Å². The van der Waals surface area contributed by atoms with Gasteiger partial charge in [0.15, 0.2) is 0 Å². The van der Waals surface area contributed by atoms with Crippen LogP contribution in [0.5, 0.6) is 0 Å². The van der Waals surface area contributed by atoms with Gasteiger partial charge in [0.25, 0.3) is 5.91 Å². The summed E-state index contributed by atoms with van der Waals surface area (Å²) in [5.41, 5.74) is 14.2. The van der Waals surface area contributed by atoms with Crippen molar-refractivity contribution < 1.29 is 9.59 Å². The van der Waals surface area contributed by atoms with E-state index in [9.17, 15) is 9.59 Å². The van der Waals surface area contributed by atoms with Gasteiger partial charge in [0.1, 0.15) is 5.69 Å². The van der Waals surface area contributed by atoms with E-state index in [1.807, 2.05) is 6.07 Å². The molecule has 7 heteroatoms. The Morgan fingerprint density at radius 1 is 1.35 bits per heavy atom. The van der Waals surface area contributed by atoms with E-state index in [4.69, 9.17) is 11.5 Å². The molecular weight excluding hydrogens is 258 g/mol. The molecule has 5 N–H and O–H groups in total. The summed E-state index contributed by atoms with van der Waals surface area (Å²) in [6.07, 6.45) is 2.72. The summed E-state index contributed by atoms with van der Waals surface area (Å²) in [6.45, 7) is 0. The van der Waals surface area contributed by atoms with Crippen molar-refractivity contribution in [1.82, 2.24) is 9.78 Å². The number of nitrogens with zero attached hydrogens (tertiary/aromatic N) is 2. The molecule has 7 nitrogen and oxygen atoms in total. The van der Waals surface area contributed by atoms with E-state index in [2.05, 4.69) is 10.4 Å². The summed E-state index contributed by atoms with van der Waals surface area (Å²) in [5, 5.41) is 6.86. The van der Waals surface area contributed by atoms with E-state index in [1.165, 1.54) is 10.7 Å². The van der Waals surface area contributed by atoms with Crippen LogP contribution in [0.1, 0.15) is 22.5 Å². The molecule has 3 rings (SSSR count). The maximum atomic E-state index is 11.4. The minimum Gasteiger partial charge on any atom is -0.397 e. The number of carbonyl (C=O) groups excluding carboxylic acids is 2. The highest BCUT2D eigenvalue weighted by Gasteiger charge is 2.18. The van der Waals surface area contributed by atoms with E-state index >= 15 is 0 Å². The van der Waals surface area contributed by atoms with Crippen molar-refractivity contribution in [3.63, 3.8) is 0 Å². The Kier molecular flexibility index (Phi) is 2.67. The molecule has 102 valence electrons. The Labute approximate surface area is 114 Å². The molecule has 1 aliphatic rings. The number of aromatic nitrogens is 2. The molecule has 2 heterocycles. The largest absolute Gasteiger partial charge is 0.397 e. The maximum Gasteiger partial charge on any atom is 0.269 e. The molecule has 0 aliphatic carbocycles. The molecule has 0 saturated heterocycles. The summed E-state index contributed by atoms with van der Waals surface area (Å²) < 4.78 is 1.47. The first-order valence-corrected chi connectivity index (χ1v) is 6.12. The van der Waals surface area contributed by atoms with Crippen LogP contribution in [-0.4, -0.2) is 21.6 Å². The zero-order valence-corrected chi connectivity index (χ0v) is 10.6. The van der Waals surface area contributed by atoms with E-state index in [0.717, 1.165) is 11.3 Å². The van der Waals surface area contributed by atoms with Crippen molar-refractivity contribution in [1.29, 1.82) is 0 Å². The molecule has 2 amide bonds. The number of nitrogens with one attached hydrogen (secondary N) is 1. The topological polar surface area (TPSA) is 116 Å². The second-order valence-electron chi connectivity index (χ2n) is 4.63. The Hall–Kier alpha value is -2.83. The van der Waals surface area contributed by atoms with Crippen molar-refractivity contribution in [3.05, 3.63) is 35.7 Å². The minimum absolute atomic E-state index is 0.0217. The van der Waals surface area contributed by atoms with Crippen LogP contribution >= 0.6 is 0 Å². The summed E-state index contributed by atoms with van der Waals surface area (Å²) in [7, 11) is 0. The average molecular weight is 271 g/mol. The van der Waals surface area contributed by atoms with Crippen LogP contribution in [0.2, 0.25) is 0 Å². The summed E-state index contributed by atoms with van der Waals surface area (Å²) >= 11 is 0. The highest BCUT2D eigenvalue weighted by molar-refractivity contribution is 5.95. The van der Waals surface area contributed by atoms with Crippen LogP contribution in [0.4, 0.5) is 11.4 Å².